The molecule has 0 atom stereocenters. The molecule has 2 rings (SSSR count). The average Bonchev–Trinajstić information content (AvgIpc) is 2.25. The highest BCUT2D eigenvalue weighted by Crippen LogP contribution is 2.22. The molecule has 1 heterocycles. The van der Waals surface area contributed by atoms with Crippen molar-refractivity contribution in [3.63, 3.8) is 0 Å². The van der Waals surface area contributed by atoms with E-state index in [2.05, 4.69) is 42.0 Å². The molecule has 0 aliphatic heterocycles. The third-order valence-corrected chi connectivity index (χ3v) is 3.33. The molecule has 0 aliphatic carbocycles. The summed E-state index contributed by atoms with van der Waals surface area (Å²) in [6.45, 7) is 4.23. The predicted molar refractivity (Wildman–Crippen MR) is 71.9 cm³/mol. The summed E-state index contributed by atoms with van der Waals surface area (Å²) in [6, 6.07) is 8.37. The molecule has 0 unspecified atom stereocenters. The Labute approximate surface area is 105 Å². The second-order valence-electron chi connectivity index (χ2n) is 4.07. The summed E-state index contributed by atoms with van der Waals surface area (Å²) < 4.78 is 0. The van der Waals surface area contributed by atoms with Crippen LogP contribution in [0.25, 0.3) is 0 Å². The summed E-state index contributed by atoms with van der Waals surface area (Å²) >= 11 is 1.67. The van der Waals surface area contributed by atoms with E-state index in [0.717, 1.165) is 10.8 Å². The minimum atomic E-state index is 0.517. The lowest BCUT2D eigenvalue weighted by molar-refractivity contribution is 1.05. The van der Waals surface area contributed by atoms with Gasteiger partial charge >= 0.3 is 0 Å². The first-order valence-corrected chi connectivity index (χ1v) is 6.39. The maximum atomic E-state index is 5.61. The van der Waals surface area contributed by atoms with E-state index < -0.39 is 0 Å². The Morgan fingerprint density at radius 1 is 1.06 bits per heavy atom. The summed E-state index contributed by atoms with van der Waals surface area (Å²) in [5, 5.41) is 0.914. The van der Waals surface area contributed by atoms with E-state index >= 15 is 0 Å². The van der Waals surface area contributed by atoms with Crippen molar-refractivity contribution in [1.29, 1.82) is 0 Å². The van der Waals surface area contributed by atoms with E-state index in [1.54, 1.807) is 17.8 Å². The van der Waals surface area contributed by atoms with E-state index in [1.165, 1.54) is 23.0 Å². The summed E-state index contributed by atoms with van der Waals surface area (Å²) in [5.74, 6) is 1.42. The largest absolute Gasteiger partial charge is 0.384 e. The summed E-state index contributed by atoms with van der Waals surface area (Å²) in [7, 11) is 0. The number of aryl methyl sites for hydroxylation is 2. The van der Waals surface area contributed by atoms with Crippen LogP contribution in [0.1, 0.15) is 16.7 Å². The molecule has 4 heteroatoms. The molecule has 0 saturated carbocycles. The fourth-order valence-electron chi connectivity index (χ4n) is 1.74. The Kier molecular flexibility index (Phi) is 3.64. The lowest BCUT2D eigenvalue weighted by Gasteiger charge is -2.04. The number of benzene rings is 1. The van der Waals surface area contributed by atoms with Crippen molar-refractivity contribution in [2.45, 2.75) is 24.6 Å². The maximum Gasteiger partial charge on any atom is 0.127 e. The SMILES string of the molecule is Cc1cc(C)cc(CSc2cc(N)ncn2)c1. The van der Waals surface area contributed by atoms with Gasteiger partial charge in [0.05, 0.1) is 0 Å². The van der Waals surface area contributed by atoms with Crippen molar-refractivity contribution < 1.29 is 0 Å². The van der Waals surface area contributed by atoms with Crippen molar-refractivity contribution in [2.24, 2.45) is 0 Å². The van der Waals surface area contributed by atoms with Crippen molar-refractivity contribution in [3.8, 4) is 0 Å². The fraction of sp³-hybridized carbons (Fsp3) is 0.231. The van der Waals surface area contributed by atoms with Crippen LogP contribution in [0.3, 0.4) is 0 Å². The monoisotopic (exact) mass is 245 g/mol. The molecular formula is C13H15N3S. The molecule has 0 saturated heterocycles. The van der Waals surface area contributed by atoms with E-state index in [9.17, 15) is 0 Å². The van der Waals surface area contributed by atoms with Gasteiger partial charge in [0, 0.05) is 11.8 Å². The molecule has 2 N–H and O–H groups in total. The molecule has 0 radical (unpaired) electrons. The van der Waals surface area contributed by atoms with Crippen LogP contribution in [0.15, 0.2) is 35.6 Å². The number of thioether (sulfide) groups is 1. The lowest BCUT2D eigenvalue weighted by Crippen LogP contribution is -1.92. The van der Waals surface area contributed by atoms with Gasteiger partial charge in [-0.25, -0.2) is 9.97 Å². The zero-order chi connectivity index (χ0) is 12.3. The standard InChI is InChI=1S/C13H15N3S/c1-9-3-10(2)5-11(4-9)7-17-13-6-12(14)15-8-16-13/h3-6,8H,7H2,1-2H3,(H2,14,15,16). The first-order valence-electron chi connectivity index (χ1n) is 5.41. The van der Waals surface area contributed by atoms with E-state index in [4.69, 9.17) is 5.73 Å². The minimum absolute atomic E-state index is 0.517. The number of anilines is 1. The molecular weight excluding hydrogens is 230 g/mol. The highest BCUT2D eigenvalue weighted by molar-refractivity contribution is 7.98. The van der Waals surface area contributed by atoms with Crippen LogP contribution in [0.5, 0.6) is 0 Å². The normalized spacial score (nSPS) is 10.5. The molecule has 0 aliphatic rings. The average molecular weight is 245 g/mol. The quantitative estimate of drug-likeness (QED) is 0.667. The van der Waals surface area contributed by atoms with Gasteiger partial charge in [0.1, 0.15) is 17.2 Å². The van der Waals surface area contributed by atoms with Crippen molar-refractivity contribution in [1.82, 2.24) is 9.97 Å². The van der Waals surface area contributed by atoms with Gasteiger partial charge in [-0.15, -0.1) is 11.8 Å². The first kappa shape index (κ1) is 11.9. The van der Waals surface area contributed by atoms with E-state index in [0.29, 0.717) is 5.82 Å². The summed E-state index contributed by atoms with van der Waals surface area (Å²) in [6.07, 6.45) is 1.50. The highest BCUT2D eigenvalue weighted by Gasteiger charge is 2.00. The molecule has 0 fully saturated rings. The van der Waals surface area contributed by atoms with Gasteiger partial charge in [0.2, 0.25) is 0 Å². The van der Waals surface area contributed by atoms with Gasteiger partial charge in [-0.3, -0.25) is 0 Å². The number of rotatable bonds is 3. The minimum Gasteiger partial charge on any atom is -0.384 e. The summed E-state index contributed by atoms with van der Waals surface area (Å²) in [4.78, 5) is 8.05. The molecule has 0 spiro atoms. The van der Waals surface area contributed by atoms with Gasteiger partial charge in [0.15, 0.2) is 0 Å². The van der Waals surface area contributed by atoms with E-state index in [-0.39, 0.29) is 0 Å². The van der Waals surface area contributed by atoms with E-state index in [1.807, 2.05) is 0 Å². The van der Waals surface area contributed by atoms with Crippen LogP contribution in [0, 0.1) is 13.8 Å². The van der Waals surface area contributed by atoms with Crippen LogP contribution in [-0.4, -0.2) is 9.97 Å². The molecule has 88 valence electrons. The molecule has 17 heavy (non-hydrogen) atoms. The number of nitrogens with zero attached hydrogens (tertiary/aromatic N) is 2. The molecule has 1 aromatic heterocycles. The fourth-order valence-corrected chi connectivity index (χ4v) is 2.55. The smallest absolute Gasteiger partial charge is 0.127 e. The van der Waals surface area contributed by atoms with Crippen LogP contribution in [-0.2, 0) is 5.75 Å². The second kappa shape index (κ2) is 5.19. The third kappa shape index (κ3) is 3.46. The lowest BCUT2D eigenvalue weighted by atomic mass is 10.1. The van der Waals surface area contributed by atoms with Crippen molar-refractivity contribution in [2.75, 3.05) is 5.73 Å². The van der Waals surface area contributed by atoms with Gasteiger partial charge in [0.25, 0.3) is 0 Å². The van der Waals surface area contributed by atoms with Gasteiger partial charge < -0.3 is 5.73 Å². The van der Waals surface area contributed by atoms with Crippen LogP contribution in [0.2, 0.25) is 0 Å². The molecule has 0 amide bonds. The zero-order valence-corrected chi connectivity index (χ0v) is 10.8. The Balaban J connectivity index is 2.07. The van der Waals surface area contributed by atoms with Crippen molar-refractivity contribution >= 4 is 17.6 Å². The number of nitrogen functional groups attached to an aromatic ring is 1. The highest BCUT2D eigenvalue weighted by atomic mass is 32.2. The molecule has 2 aromatic rings. The Morgan fingerprint density at radius 2 is 1.76 bits per heavy atom. The Hall–Kier alpha value is -1.55. The molecule has 0 bridgehead atoms. The van der Waals surface area contributed by atoms with Crippen LogP contribution < -0.4 is 5.73 Å². The second-order valence-corrected chi connectivity index (χ2v) is 5.06. The topological polar surface area (TPSA) is 51.8 Å². The third-order valence-electron chi connectivity index (χ3n) is 2.33. The number of aromatic nitrogens is 2. The van der Waals surface area contributed by atoms with Crippen LogP contribution in [0.4, 0.5) is 5.82 Å². The van der Waals surface area contributed by atoms with Gasteiger partial charge in [-0.05, 0) is 19.4 Å². The number of nitrogens with two attached hydrogens (primary N) is 1. The first-order chi connectivity index (χ1) is 8.13. The maximum absolute atomic E-state index is 5.61. The van der Waals surface area contributed by atoms with Crippen molar-refractivity contribution in [3.05, 3.63) is 47.3 Å². The summed E-state index contributed by atoms with van der Waals surface area (Å²) in [5.41, 5.74) is 9.51. The van der Waals surface area contributed by atoms with Gasteiger partial charge in [-0.1, -0.05) is 29.3 Å². The predicted octanol–water partition coefficient (Wildman–Crippen LogP) is 2.97. The van der Waals surface area contributed by atoms with Gasteiger partial charge in [-0.2, -0.15) is 0 Å². The molecule has 3 nitrogen and oxygen atoms in total. The Bertz CT molecular complexity index is 506. The molecule has 1 aromatic carbocycles. The van der Waals surface area contributed by atoms with Crippen LogP contribution >= 0.6 is 11.8 Å². The zero-order valence-electron chi connectivity index (χ0n) is 9.97. The number of hydrogen-bond donors (Lipinski definition) is 1. The Morgan fingerprint density at radius 3 is 2.41 bits per heavy atom. The number of hydrogen-bond acceptors (Lipinski definition) is 4.